The molecule has 2 heterocycles. The standard InChI is InChI=1S/C14H11N3O7S/c1-16-10(18)6-9(14(20)21)11-12(16)15-17(13(11)19)7-2-4-8(5-3-7)25(22,23)24/h2-6,15H,1H3,(H,20,21)(H,22,23,24). The summed E-state index contributed by atoms with van der Waals surface area (Å²) in [6.07, 6.45) is 0. The Morgan fingerprint density at radius 1 is 1.16 bits per heavy atom. The van der Waals surface area contributed by atoms with E-state index in [2.05, 4.69) is 5.10 Å². The molecule has 10 nitrogen and oxygen atoms in total. The van der Waals surface area contributed by atoms with Crippen LogP contribution in [0.15, 0.2) is 44.8 Å². The number of hydrogen-bond donors (Lipinski definition) is 3. The minimum absolute atomic E-state index is 0.00811. The topological polar surface area (TPSA) is 151 Å². The molecule has 0 radical (unpaired) electrons. The molecule has 0 amide bonds. The third kappa shape index (κ3) is 2.64. The van der Waals surface area contributed by atoms with Crippen LogP contribution in [0.2, 0.25) is 0 Å². The predicted molar refractivity (Wildman–Crippen MR) is 85.9 cm³/mol. The van der Waals surface area contributed by atoms with Crippen molar-refractivity contribution < 1.29 is 22.9 Å². The van der Waals surface area contributed by atoms with Crippen LogP contribution in [0.5, 0.6) is 0 Å². The van der Waals surface area contributed by atoms with Gasteiger partial charge in [-0.15, -0.1) is 0 Å². The Kier molecular flexibility index (Phi) is 3.62. The van der Waals surface area contributed by atoms with Gasteiger partial charge in [0, 0.05) is 13.1 Å². The summed E-state index contributed by atoms with van der Waals surface area (Å²) in [4.78, 5) is 35.4. The normalized spacial score (nSPS) is 11.8. The molecule has 25 heavy (non-hydrogen) atoms. The number of carboxylic acid groups (broad SMARTS) is 1. The molecule has 0 fully saturated rings. The number of aromatic carboxylic acids is 1. The smallest absolute Gasteiger partial charge is 0.336 e. The van der Waals surface area contributed by atoms with Gasteiger partial charge in [0.2, 0.25) is 0 Å². The van der Waals surface area contributed by atoms with Crippen LogP contribution in [-0.4, -0.2) is 38.4 Å². The molecule has 3 aromatic rings. The van der Waals surface area contributed by atoms with Gasteiger partial charge in [0.15, 0.2) is 0 Å². The molecule has 1 aromatic carbocycles. The number of rotatable bonds is 3. The largest absolute Gasteiger partial charge is 0.478 e. The third-order valence-corrected chi connectivity index (χ3v) is 4.57. The third-order valence-electron chi connectivity index (χ3n) is 3.70. The van der Waals surface area contributed by atoms with Crippen molar-refractivity contribution in [2.24, 2.45) is 7.05 Å². The zero-order valence-electron chi connectivity index (χ0n) is 12.6. The van der Waals surface area contributed by atoms with E-state index in [9.17, 15) is 27.9 Å². The minimum Gasteiger partial charge on any atom is -0.478 e. The fourth-order valence-corrected chi connectivity index (χ4v) is 2.91. The van der Waals surface area contributed by atoms with Crippen molar-refractivity contribution >= 4 is 27.1 Å². The van der Waals surface area contributed by atoms with Gasteiger partial charge in [-0.25, -0.2) is 9.48 Å². The van der Waals surface area contributed by atoms with Gasteiger partial charge in [-0.3, -0.25) is 23.8 Å². The summed E-state index contributed by atoms with van der Waals surface area (Å²) >= 11 is 0. The van der Waals surface area contributed by atoms with E-state index in [1.54, 1.807) is 0 Å². The number of nitrogens with one attached hydrogen (secondary N) is 1. The van der Waals surface area contributed by atoms with Crippen molar-refractivity contribution in [3.05, 3.63) is 56.6 Å². The number of aryl methyl sites for hydroxylation is 1. The van der Waals surface area contributed by atoms with Crippen molar-refractivity contribution in [3.63, 3.8) is 0 Å². The Morgan fingerprint density at radius 3 is 2.28 bits per heavy atom. The highest BCUT2D eigenvalue weighted by Gasteiger charge is 2.20. The molecule has 0 aliphatic rings. The summed E-state index contributed by atoms with van der Waals surface area (Å²) in [5.41, 5.74) is -1.57. The Hall–Kier alpha value is -3.18. The summed E-state index contributed by atoms with van der Waals surface area (Å²) in [6.45, 7) is 0. The lowest BCUT2D eigenvalue weighted by Gasteiger charge is -2.03. The van der Waals surface area contributed by atoms with Gasteiger partial charge in [-0.1, -0.05) is 0 Å². The van der Waals surface area contributed by atoms with Gasteiger partial charge in [0.05, 0.1) is 21.5 Å². The Morgan fingerprint density at radius 2 is 1.76 bits per heavy atom. The number of carboxylic acids is 1. The Balaban J connectivity index is 2.32. The maximum atomic E-state index is 12.6. The highest BCUT2D eigenvalue weighted by Crippen LogP contribution is 2.16. The zero-order valence-corrected chi connectivity index (χ0v) is 13.4. The molecule has 0 bridgehead atoms. The number of pyridine rings is 1. The zero-order chi connectivity index (χ0) is 18.5. The second-order valence-electron chi connectivity index (χ2n) is 5.21. The number of nitrogens with zero attached hydrogens (tertiary/aromatic N) is 2. The molecule has 130 valence electrons. The molecule has 0 saturated heterocycles. The van der Waals surface area contributed by atoms with E-state index in [1.165, 1.54) is 19.2 Å². The van der Waals surface area contributed by atoms with Gasteiger partial charge < -0.3 is 5.11 Å². The first-order chi connectivity index (χ1) is 11.6. The Bertz CT molecular complexity index is 1230. The summed E-state index contributed by atoms with van der Waals surface area (Å²) in [5.74, 6) is -1.42. The number of fused-ring (bicyclic) bond motifs is 1. The molecule has 0 atom stereocenters. The fourth-order valence-electron chi connectivity index (χ4n) is 2.43. The van der Waals surface area contributed by atoms with E-state index < -0.39 is 32.8 Å². The maximum absolute atomic E-state index is 12.6. The van der Waals surface area contributed by atoms with Crippen LogP contribution < -0.4 is 11.1 Å². The van der Waals surface area contributed by atoms with Crippen molar-refractivity contribution in [2.45, 2.75) is 4.90 Å². The van der Waals surface area contributed by atoms with Gasteiger partial charge in [0.1, 0.15) is 5.65 Å². The predicted octanol–water partition coefficient (Wildman–Crippen LogP) is -0.0376. The first-order valence-electron chi connectivity index (χ1n) is 6.77. The molecule has 11 heteroatoms. The van der Waals surface area contributed by atoms with Crippen LogP contribution >= 0.6 is 0 Å². The number of aromatic amines is 1. The van der Waals surface area contributed by atoms with Crippen molar-refractivity contribution in [1.82, 2.24) is 14.3 Å². The first-order valence-corrected chi connectivity index (χ1v) is 8.21. The van der Waals surface area contributed by atoms with Crippen LogP contribution in [-0.2, 0) is 17.2 Å². The summed E-state index contributed by atoms with van der Waals surface area (Å²) in [5, 5.41) is 11.7. The van der Waals surface area contributed by atoms with Crippen molar-refractivity contribution in [1.29, 1.82) is 0 Å². The molecule has 0 saturated carbocycles. The number of carbonyl (C=O) groups is 1. The molecule has 0 aliphatic carbocycles. The van der Waals surface area contributed by atoms with Crippen molar-refractivity contribution in [2.75, 3.05) is 0 Å². The minimum atomic E-state index is -4.39. The summed E-state index contributed by atoms with van der Waals surface area (Å²) in [7, 11) is -3.01. The van der Waals surface area contributed by atoms with Gasteiger partial charge >= 0.3 is 5.97 Å². The molecule has 0 unspecified atom stereocenters. The molecular weight excluding hydrogens is 354 g/mol. The second kappa shape index (κ2) is 5.43. The van der Waals surface area contributed by atoms with E-state index >= 15 is 0 Å². The van der Waals surface area contributed by atoms with Crippen molar-refractivity contribution in [3.8, 4) is 5.69 Å². The molecule has 2 aromatic heterocycles. The quantitative estimate of drug-likeness (QED) is 0.551. The van der Waals surface area contributed by atoms with E-state index in [0.29, 0.717) is 0 Å². The van der Waals surface area contributed by atoms with Crippen LogP contribution in [0.1, 0.15) is 10.4 Å². The fraction of sp³-hybridized carbons (Fsp3) is 0.0714. The maximum Gasteiger partial charge on any atom is 0.336 e. The number of H-pyrrole nitrogens is 1. The lowest BCUT2D eigenvalue weighted by molar-refractivity contribution is 0.0698. The lowest BCUT2D eigenvalue weighted by Crippen LogP contribution is -2.20. The molecule has 3 rings (SSSR count). The Labute approximate surface area is 139 Å². The van der Waals surface area contributed by atoms with E-state index in [-0.39, 0.29) is 21.6 Å². The number of benzene rings is 1. The van der Waals surface area contributed by atoms with Gasteiger partial charge in [-0.2, -0.15) is 8.42 Å². The van der Waals surface area contributed by atoms with Crippen LogP contribution in [0, 0.1) is 0 Å². The average molecular weight is 365 g/mol. The highest BCUT2D eigenvalue weighted by atomic mass is 32.2. The lowest BCUT2D eigenvalue weighted by atomic mass is 10.2. The summed E-state index contributed by atoms with van der Waals surface area (Å²) in [6, 6.07) is 5.52. The van der Waals surface area contributed by atoms with Gasteiger partial charge in [0.25, 0.3) is 21.2 Å². The molecule has 0 aliphatic heterocycles. The number of hydrogen-bond acceptors (Lipinski definition) is 5. The first kappa shape index (κ1) is 16.7. The van der Waals surface area contributed by atoms with E-state index in [0.717, 1.165) is 27.4 Å². The van der Waals surface area contributed by atoms with Crippen LogP contribution in [0.3, 0.4) is 0 Å². The van der Waals surface area contributed by atoms with E-state index in [1.807, 2.05) is 0 Å². The van der Waals surface area contributed by atoms with Gasteiger partial charge in [-0.05, 0) is 24.3 Å². The number of aromatic nitrogens is 3. The van der Waals surface area contributed by atoms with Crippen LogP contribution in [0.4, 0.5) is 0 Å². The molecular formula is C14H11N3O7S. The SMILES string of the molecule is Cn1c(=O)cc(C(=O)O)c2c(=O)n(-c3ccc(S(=O)(=O)O)cc3)[nH]c21. The van der Waals surface area contributed by atoms with Crippen LogP contribution in [0.25, 0.3) is 16.7 Å². The van der Waals surface area contributed by atoms with E-state index in [4.69, 9.17) is 4.55 Å². The highest BCUT2D eigenvalue weighted by molar-refractivity contribution is 7.85. The second-order valence-corrected chi connectivity index (χ2v) is 6.63. The average Bonchev–Trinajstić information content (AvgIpc) is 2.88. The summed E-state index contributed by atoms with van der Waals surface area (Å²) < 4.78 is 33.2. The monoisotopic (exact) mass is 365 g/mol. The molecule has 3 N–H and O–H groups in total. The molecule has 0 spiro atoms.